The molecule has 30 heavy (non-hydrogen) atoms. The van der Waals surface area contributed by atoms with Crippen molar-refractivity contribution in [3.05, 3.63) is 72.1 Å². The Labute approximate surface area is 170 Å². The smallest absolute Gasteiger partial charge is 0.276 e. The molecule has 8 heteroatoms. The van der Waals surface area contributed by atoms with Gasteiger partial charge in [-0.25, -0.2) is 13.8 Å². The molecule has 2 aromatic heterocycles. The molecule has 6 nitrogen and oxygen atoms in total. The summed E-state index contributed by atoms with van der Waals surface area (Å²) < 4.78 is 33.2. The van der Waals surface area contributed by atoms with E-state index in [4.69, 9.17) is 4.74 Å². The predicted molar refractivity (Wildman–Crippen MR) is 109 cm³/mol. The highest BCUT2D eigenvalue weighted by Gasteiger charge is 2.17. The molecule has 4 aromatic rings. The first-order chi connectivity index (χ1) is 14.4. The number of H-pyrrole nitrogens is 1. The summed E-state index contributed by atoms with van der Waals surface area (Å²) in [6, 6.07) is 12.2. The van der Waals surface area contributed by atoms with Crippen LogP contribution in [-0.4, -0.2) is 27.2 Å². The molecule has 152 valence electrons. The van der Waals surface area contributed by atoms with Gasteiger partial charge in [0, 0.05) is 17.0 Å². The molecule has 0 aliphatic rings. The standard InChI is InChI=1S/C22H18F2N4O2/c1-12(2)30-19-9-7-14(11-25-19)26-22(29)21-16-10-13(6-8-18(16)27-28-21)15-4-3-5-17(23)20(15)24/h3-12H,1-2H3,(H,26,29)(H,27,28). The topological polar surface area (TPSA) is 79.9 Å². The maximum Gasteiger partial charge on any atom is 0.276 e. The number of aromatic nitrogens is 3. The average molecular weight is 408 g/mol. The minimum Gasteiger partial charge on any atom is -0.475 e. The molecule has 2 heterocycles. The predicted octanol–water partition coefficient (Wildman–Crippen LogP) is 4.94. The number of amides is 1. The van der Waals surface area contributed by atoms with Crippen molar-refractivity contribution in [3.63, 3.8) is 0 Å². The van der Waals surface area contributed by atoms with Crippen LogP contribution < -0.4 is 10.1 Å². The molecule has 0 saturated carbocycles. The number of carbonyl (C=O) groups excluding carboxylic acids is 1. The highest BCUT2D eigenvalue weighted by Crippen LogP contribution is 2.28. The van der Waals surface area contributed by atoms with Crippen LogP contribution in [0.25, 0.3) is 22.0 Å². The Hall–Kier alpha value is -3.81. The fraction of sp³-hybridized carbons (Fsp3) is 0.136. The molecule has 2 aromatic carbocycles. The van der Waals surface area contributed by atoms with Crippen molar-refractivity contribution in [2.24, 2.45) is 0 Å². The van der Waals surface area contributed by atoms with Crippen molar-refractivity contribution in [2.45, 2.75) is 20.0 Å². The third-order valence-corrected chi connectivity index (χ3v) is 4.39. The largest absolute Gasteiger partial charge is 0.475 e. The van der Waals surface area contributed by atoms with Crippen LogP contribution in [0.2, 0.25) is 0 Å². The Morgan fingerprint density at radius 1 is 1.13 bits per heavy atom. The number of carbonyl (C=O) groups is 1. The number of hydrogen-bond acceptors (Lipinski definition) is 4. The molecule has 2 N–H and O–H groups in total. The maximum atomic E-state index is 14.2. The number of anilines is 1. The van der Waals surface area contributed by atoms with Gasteiger partial charge in [-0.3, -0.25) is 9.89 Å². The molecular formula is C22H18F2N4O2. The zero-order chi connectivity index (χ0) is 21.3. The van der Waals surface area contributed by atoms with Crippen molar-refractivity contribution in [1.82, 2.24) is 15.2 Å². The van der Waals surface area contributed by atoms with Crippen LogP contribution in [0.3, 0.4) is 0 Å². The second-order valence-corrected chi connectivity index (χ2v) is 6.94. The van der Waals surface area contributed by atoms with Crippen molar-refractivity contribution in [2.75, 3.05) is 5.32 Å². The summed E-state index contributed by atoms with van der Waals surface area (Å²) in [6.07, 6.45) is 1.48. The minimum atomic E-state index is -0.943. The van der Waals surface area contributed by atoms with Crippen LogP contribution in [-0.2, 0) is 0 Å². The van der Waals surface area contributed by atoms with E-state index in [0.29, 0.717) is 28.0 Å². The lowest BCUT2D eigenvalue weighted by atomic mass is 10.0. The van der Waals surface area contributed by atoms with Gasteiger partial charge < -0.3 is 10.1 Å². The zero-order valence-electron chi connectivity index (χ0n) is 16.2. The highest BCUT2D eigenvalue weighted by atomic mass is 19.2. The van der Waals surface area contributed by atoms with E-state index >= 15 is 0 Å². The summed E-state index contributed by atoms with van der Waals surface area (Å²) in [6.45, 7) is 3.79. The van der Waals surface area contributed by atoms with Gasteiger partial charge >= 0.3 is 0 Å². The number of benzene rings is 2. The number of rotatable bonds is 5. The summed E-state index contributed by atoms with van der Waals surface area (Å²) in [5, 5.41) is 10.1. The Morgan fingerprint density at radius 2 is 1.97 bits per heavy atom. The van der Waals surface area contributed by atoms with Gasteiger partial charge in [-0.05, 0) is 43.7 Å². The van der Waals surface area contributed by atoms with E-state index in [1.807, 2.05) is 13.8 Å². The average Bonchev–Trinajstić information content (AvgIpc) is 3.14. The van der Waals surface area contributed by atoms with Gasteiger partial charge in [0.15, 0.2) is 17.3 Å². The molecule has 1 amide bonds. The fourth-order valence-corrected chi connectivity index (χ4v) is 3.04. The first kappa shape index (κ1) is 19.5. The Kier molecular flexibility index (Phi) is 5.14. The fourth-order valence-electron chi connectivity index (χ4n) is 3.04. The number of nitrogens with zero attached hydrogens (tertiary/aromatic N) is 2. The minimum absolute atomic E-state index is 0.00881. The maximum absolute atomic E-state index is 14.2. The van der Waals surface area contributed by atoms with Crippen LogP contribution in [0.4, 0.5) is 14.5 Å². The Balaban J connectivity index is 1.62. The molecule has 0 bridgehead atoms. The second-order valence-electron chi connectivity index (χ2n) is 6.94. The van der Waals surface area contributed by atoms with E-state index in [2.05, 4.69) is 20.5 Å². The summed E-state index contributed by atoms with van der Waals surface area (Å²) in [5.74, 6) is -1.89. The molecule has 4 rings (SSSR count). The third kappa shape index (κ3) is 3.84. The first-order valence-electron chi connectivity index (χ1n) is 9.29. The molecule has 0 spiro atoms. The van der Waals surface area contributed by atoms with Crippen LogP contribution in [0, 0.1) is 11.6 Å². The molecule has 0 radical (unpaired) electrons. The zero-order valence-corrected chi connectivity index (χ0v) is 16.2. The van der Waals surface area contributed by atoms with Gasteiger partial charge in [0.2, 0.25) is 5.88 Å². The number of fused-ring (bicyclic) bond motifs is 1. The van der Waals surface area contributed by atoms with E-state index < -0.39 is 17.5 Å². The van der Waals surface area contributed by atoms with E-state index in [-0.39, 0.29) is 17.4 Å². The molecule has 0 fully saturated rings. The lowest BCUT2D eigenvalue weighted by Crippen LogP contribution is -2.13. The number of ether oxygens (including phenoxy) is 1. The number of aromatic amines is 1. The summed E-state index contributed by atoms with van der Waals surface area (Å²) in [5.41, 5.74) is 1.74. The molecule has 0 aliphatic heterocycles. The quantitative estimate of drug-likeness (QED) is 0.490. The van der Waals surface area contributed by atoms with Gasteiger partial charge in [-0.1, -0.05) is 18.2 Å². The van der Waals surface area contributed by atoms with E-state index in [1.54, 1.807) is 30.3 Å². The van der Waals surface area contributed by atoms with Gasteiger partial charge in [-0.2, -0.15) is 5.10 Å². The van der Waals surface area contributed by atoms with Crippen LogP contribution in [0.5, 0.6) is 5.88 Å². The Morgan fingerprint density at radius 3 is 2.70 bits per heavy atom. The van der Waals surface area contributed by atoms with E-state index in [1.165, 1.54) is 18.3 Å². The van der Waals surface area contributed by atoms with Crippen molar-refractivity contribution in [3.8, 4) is 17.0 Å². The van der Waals surface area contributed by atoms with Crippen molar-refractivity contribution < 1.29 is 18.3 Å². The van der Waals surface area contributed by atoms with Gasteiger partial charge in [0.25, 0.3) is 5.91 Å². The normalized spacial score (nSPS) is 11.1. The number of nitrogens with one attached hydrogen (secondary N) is 2. The number of hydrogen-bond donors (Lipinski definition) is 2. The van der Waals surface area contributed by atoms with Crippen LogP contribution in [0.15, 0.2) is 54.7 Å². The summed E-state index contributed by atoms with van der Waals surface area (Å²) >= 11 is 0. The third-order valence-electron chi connectivity index (χ3n) is 4.39. The monoisotopic (exact) mass is 408 g/mol. The van der Waals surface area contributed by atoms with Crippen LogP contribution in [0.1, 0.15) is 24.3 Å². The van der Waals surface area contributed by atoms with E-state index in [9.17, 15) is 13.6 Å². The molecule has 0 atom stereocenters. The summed E-state index contributed by atoms with van der Waals surface area (Å²) in [4.78, 5) is 16.9. The summed E-state index contributed by atoms with van der Waals surface area (Å²) in [7, 11) is 0. The molecular weight excluding hydrogens is 390 g/mol. The number of pyridine rings is 1. The SMILES string of the molecule is CC(C)Oc1ccc(NC(=O)c2n[nH]c3ccc(-c4cccc(F)c4F)cc23)cn1. The highest BCUT2D eigenvalue weighted by molar-refractivity contribution is 6.11. The van der Waals surface area contributed by atoms with Gasteiger partial charge in [0.1, 0.15) is 0 Å². The van der Waals surface area contributed by atoms with Crippen molar-refractivity contribution in [1.29, 1.82) is 0 Å². The number of halogens is 2. The van der Waals surface area contributed by atoms with Gasteiger partial charge in [0.05, 0.1) is 23.5 Å². The van der Waals surface area contributed by atoms with Crippen molar-refractivity contribution >= 4 is 22.5 Å². The van der Waals surface area contributed by atoms with E-state index in [0.717, 1.165) is 6.07 Å². The second kappa shape index (κ2) is 7.90. The molecule has 0 aliphatic carbocycles. The lowest BCUT2D eigenvalue weighted by molar-refractivity contribution is 0.102. The van der Waals surface area contributed by atoms with Crippen LogP contribution >= 0.6 is 0 Å². The molecule has 0 saturated heterocycles. The Bertz CT molecular complexity index is 1220. The lowest BCUT2D eigenvalue weighted by Gasteiger charge is -2.09. The van der Waals surface area contributed by atoms with Gasteiger partial charge in [-0.15, -0.1) is 0 Å². The molecule has 0 unspecified atom stereocenters. The first-order valence-corrected chi connectivity index (χ1v) is 9.29.